The van der Waals surface area contributed by atoms with Gasteiger partial charge in [0, 0.05) is 41.9 Å². The number of aromatic nitrogens is 1. The number of carbonyl (C=O) groups is 1. The van der Waals surface area contributed by atoms with Gasteiger partial charge in [0.2, 0.25) is 0 Å². The van der Waals surface area contributed by atoms with Crippen LogP contribution in [-0.2, 0) is 19.4 Å². The summed E-state index contributed by atoms with van der Waals surface area (Å²) < 4.78 is 7.85. The van der Waals surface area contributed by atoms with E-state index in [1.165, 1.54) is 29.8 Å². The molecule has 2 aliphatic heterocycles. The molecule has 0 unspecified atom stereocenters. The number of carboxylic acids is 1. The van der Waals surface area contributed by atoms with Gasteiger partial charge in [0.25, 0.3) is 0 Å². The van der Waals surface area contributed by atoms with Gasteiger partial charge in [-0.05, 0) is 23.6 Å². The predicted octanol–water partition coefficient (Wildman–Crippen LogP) is 4.79. The molecule has 0 atom stereocenters. The minimum atomic E-state index is -1.19. The van der Waals surface area contributed by atoms with Crippen molar-refractivity contribution in [2.75, 3.05) is 6.61 Å². The van der Waals surface area contributed by atoms with Crippen molar-refractivity contribution in [3.05, 3.63) is 75.6 Å². The van der Waals surface area contributed by atoms with E-state index in [1.54, 1.807) is 0 Å². The van der Waals surface area contributed by atoms with Gasteiger partial charge in [0.15, 0.2) is 5.43 Å². The lowest BCUT2D eigenvalue weighted by atomic mass is 9.87. The molecule has 1 aromatic heterocycles. The van der Waals surface area contributed by atoms with E-state index in [-0.39, 0.29) is 5.56 Å². The Bertz CT molecular complexity index is 1160. The molecular weight excluding hydrogens is 378 g/mol. The Morgan fingerprint density at radius 2 is 1.80 bits per heavy atom. The van der Waals surface area contributed by atoms with Crippen molar-refractivity contribution in [3.8, 4) is 28.1 Å². The van der Waals surface area contributed by atoms with E-state index >= 15 is 0 Å². The van der Waals surface area contributed by atoms with Gasteiger partial charge < -0.3 is 14.4 Å². The molecule has 0 bridgehead atoms. The number of aromatic carboxylic acids is 1. The third-order valence-electron chi connectivity index (χ3n) is 5.42. The number of benzene rings is 2. The molecule has 154 valence electrons. The standard InChI is InChI=1S/C22H17NO4.C3H8/c24-20-11-19-17-10-16(13-4-2-1-3-5-13)21-15(7-9-27-21)14(17)6-8-23(19)12-18(20)22(25)26;1-3-2/h1-5,10-12H,6-9H2,(H,25,26);3H2,1-2H3. The Morgan fingerprint density at radius 3 is 2.50 bits per heavy atom. The molecule has 0 saturated heterocycles. The lowest BCUT2D eigenvalue weighted by Crippen LogP contribution is -2.22. The summed E-state index contributed by atoms with van der Waals surface area (Å²) in [5, 5.41) is 9.25. The molecular formula is C25H25NO4. The first-order valence-corrected chi connectivity index (χ1v) is 10.4. The van der Waals surface area contributed by atoms with Gasteiger partial charge in [-0.3, -0.25) is 4.79 Å². The number of hydrogen-bond donors (Lipinski definition) is 1. The van der Waals surface area contributed by atoms with E-state index in [0.29, 0.717) is 13.2 Å². The lowest BCUT2D eigenvalue weighted by Gasteiger charge is -2.25. The quantitative estimate of drug-likeness (QED) is 0.668. The van der Waals surface area contributed by atoms with E-state index in [4.69, 9.17) is 4.74 Å². The zero-order valence-corrected chi connectivity index (χ0v) is 17.3. The average molecular weight is 403 g/mol. The van der Waals surface area contributed by atoms with Gasteiger partial charge in [0.05, 0.1) is 12.3 Å². The predicted molar refractivity (Wildman–Crippen MR) is 117 cm³/mol. The summed E-state index contributed by atoms with van der Waals surface area (Å²) in [6.07, 6.45) is 4.37. The van der Waals surface area contributed by atoms with Crippen LogP contribution in [0.5, 0.6) is 5.75 Å². The third-order valence-corrected chi connectivity index (χ3v) is 5.42. The number of carboxylic acid groups (broad SMARTS) is 1. The Balaban J connectivity index is 0.000000687. The van der Waals surface area contributed by atoms with Crippen LogP contribution in [0.2, 0.25) is 0 Å². The van der Waals surface area contributed by atoms with Crippen molar-refractivity contribution in [1.82, 2.24) is 4.57 Å². The number of fused-ring (bicyclic) bond motifs is 5. The molecule has 5 heteroatoms. The van der Waals surface area contributed by atoms with Crippen LogP contribution >= 0.6 is 0 Å². The topological polar surface area (TPSA) is 68.5 Å². The first-order chi connectivity index (χ1) is 14.5. The molecule has 3 heterocycles. The van der Waals surface area contributed by atoms with Crippen LogP contribution in [0.15, 0.2) is 53.5 Å². The van der Waals surface area contributed by atoms with Gasteiger partial charge in [-0.1, -0.05) is 50.6 Å². The molecule has 0 radical (unpaired) electrons. The molecule has 1 N–H and O–H groups in total. The Morgan fingerprint density at radius 1 is 1.07 bits per heavy atom. The van der Waals surface area contributed by atoms with Crippen molar-refractivity contribution in [2.45, 2.75) is 39.7 Å². The number of pyridine rings is 1. The number of rotatable bonds is 2. The minimum absolute atomic E-state index is 0.185. The number of ether oxygens (including phenoxy) is 1. The molecule has 2 aromatic carbocycles. The smallest absolute Gasteiger partial charge is 0.341 e. The van der Waals surface area contributed by atoms with E-state index < -0.39 is 11.4 Å². The second-order valence-electron chi connectivity index (χ2n) is 7.61. The van der Waals surface area contributed by atoms with Gasteiger partial charge in [-0.2, -0.15) is 0 Å². The minimum Gasteiger partial charge on any atom is -0.492 e. The molecule has 5 rings (SSSR count). The van der Waals surface area contributed by atoms with Gasteiger partial charge >= 0.3 is 5.97 Å². The molecule has 2 aliphatic rings. The third kappa shape index (κ3) is 3.41. The highest BCUT2D eigenvalue weighted by atomic mass is 16.5. The maximum Gasteiger partial charge on any atom is 0.341 e. The highest BCUT2D eigenvalue weighted by Crippen LogP contribution is 2.45. The van der Waals surface area contributed by atoms with Crippen LogP contribution in [0.1, 0.15) is 41.8 Å². The van der Waals surface area contributed by atoms with Crippen molar-refractivity contribution < 1.29 is 14.6 Å². The van der Waals surface area contributed by atoms with Crippen molar-refractivity contribution in [3.63, 3.8) is 0 Å². The van der Waals surface area contributed by atoms with Crippen LogP contribution in [0, 0.1) is 0 Å². The average Bonchev–Trinajstić information content (AvgIpc) is 3.23. The normalized spacial score (nSPS) is 13.3. The van der Waals surface area contributed by atoms with E-state index in [2.05, 4.69) is 19.9 Å². The second kappa shape index (κ2) is 8.19. The second-order valence-corrected chi connectivity index (χ2v) is 7.61. The summed E-state index contributed by atoms with van der Waals surface area (Å²) in [6, 6.07) is 13.6. The maximum absolute atomic E-state index is 12.3. The van der Waals surface area contributed by atoms with Crippen molar-refractivity contribution >= 4 is 5.97 Å². The van der Waals surface area contributed by atoms with Crippen LogP contribution in [-0.4, -0.2) is 22.2 Å². The van der Waals surface area contributed by atoms with E-state index in [9.17, 15) is 14.7 Å². The molecule has 0 amide bonds. The highest BCUT2D eigenvalue weighted by Gasteiger charge is 2.28. The summed E-state index contributed by atoms with van der Waals surface area (Å²) in [4.78, 5) is 23.6. The fourth-order valence-corrected chi connectivity index (χ4v) is 4.17. The van der Waals surface area contributed by atoms with Crippen LogP contribution in [0.4, 0.5) is 0 Å². The van der Waals surface area contributed by atoms with Crippen LogP contribution in [0.3, 0.4) is 0 Å². The number of hydrogen-bond acceptors (Lipinski definition) is 3. The summed E-state index contributed by atoms with van der Waals surface area (Å²) >= 11 is 0. The van der Waals surface area contributed by atoms with Gasteiger partial charge in [0.1, 0.15) is 11.3 Å². The number of nitrogens with zero attached hydrogens (tertiary/aromatic N) is 1. The Hall–Kier alpha value is -3.34. The SMILES string of the molecule is CCC.O=C(O)c1cn2c(cc1=O)-c1cc(-c3ccccc3)c3c(c1CC2)CCO3. The monoisotopic (exact) mass is 403 g/mol. The first kappa shape index (κ1) is 20.0. The van der Waals surface area contributed by atoms with Crippen molar-refractivity contribution in [2.24, 2.45) is 0 Å². The maximum atomic E-state index is 12.3. The van der Waals surface area contributed by atoms with Crippen LogP contribution in [0.25, 0.3) is 22.4 Å². The molecule has 0 aliphatic carbocycles. The van der Waals surface area contributed by atoms with Gasteiger partial charge in [-0.25, -0.2) is 4.79 Å². The summed E-state index contributed by atoms with van der Waals surface area (Å²) in [5.74, 6) is -0.244. The van der Waals surface area contributed by atoms with E-state index in [1.807, 2.05) is 34.9 Å². The molecule has 3 aromatic rings. The lowest BCUT2D eigenvalue weighted by molar-refractivity contribution is 0.0694. The van der Waals surface area contributed by atoms with Crippen molar-refractivity contribution in [1.29, 1.82) is 0 Å². The fourth-order valence-electron chi connectivity index (χ4n) is 4.17. The molecule has 0 fully saturated rings. The Labute approximate surface area is 175 Å². The first-order valence-electron chi connectivity index (χ1n) is 10.4. The molecule has 30 heavy (non-hydrogen) atoms. The molecule has 0 spiro atoms. The van der Waals surface area contributed by atoms with Crippen LogP contribution < -0.4 is 10.2 Å². The summed E-state index contributed by atoms with van der Waals surface area (Å²) in [5.41, 5.74) is 5.65. The van der Waals surface area contributed by atoms with E-state index in [0.717, 1.165) is 41.0 Å². The zero-order chi connectivity index (χ0) is 21.3. The number of aryl methyl sites for hydroxylation is 1. The fraction of sp³-hybridized carbons (Fsp3) is 0.280. The molecule has 0 saturated carbocycles. The molecule has 5 nitrogen and oxygen atoms in total. The highest BCUT2D eigenvalue weighted by molar-refractivity contribution is 5.88. The largest absolute Gasteiger partial charge is 0.492 e. The summed E-state index contributed by atoms with van der Waals surface area (Å²) in [7, 11) is 0. The summed E-state index contributed by atoms with van der Waals surface area (Å²) in [6.45, 7) is 5.57. The zero-order valence-electron chi connectivity index (χ0n) is 17.3. The van der Waals surface area contributed by atoms with Gasteiger partial charge in [-0.15, -0.1) is 0 Å². The Kier molecular flexibility index (Phi) is 5.44.